The number of aldehydes is 1. The number of phenols is 1. The van der Waals surface area contributed by atoms with E-state index in [0.717, 1.165) is 25.2 Å². The number of aromatic hydroxyl groups is 1. The van der Waals surface area contributed by atoms with Crippen LogP contribution in [0.1, 0.15) is 47.5 Å². The second-order valence-electron chi connectivity index (χ2n) is 7.92. The van der Waals surface area contributed by atoms with Gasteiger partial charge in [-0.05, 0) is 61.4 Å². The lowest BCUT2D eigenvalue weighted by molar-refractivity contribution is 0.112. The van der Waals surface area contributed by atoms with Crippen molar-refractivity contribution in [2.45, 2.75) is 36.5 Å². The molecular formula is C22H25FN2O4S. The molecule has 0 unspecified atom stereocenters. The molecule has 2 fully saturated rings. The zero-order valence-corrected chi connectivity index (χ0v) is 17.4. The van der Waals surface area contributed by atoms with E-state index in [1.807, 2.05) is 0 Å². The summed E-state index contributed by atoms with van der Waals surface area (Å²) in [4.78, 5) is 13.1. The predicted octanol–water partition coefficient (Wildman–Crippen LogP) is 3.51. The molecule has 0 amide bonds. The summed E-state index contributed by atoms with van der Waals surface area (Å²) in [6, 6.07) is 10.3. The van der Waals surface area contributed by atoms with Gasteiger partial charge in [-0.2, -0.15) is 4.31 Å². The standard InChI is InChI=1S/C22H25FN2O4S/c23-21-14-20(13-18(15-26)22(21)27)30(28,29)25-11-7-17(8-12-25)16-3-5-19(6-4-16)24-9-1-2-10-24/h3-6,13-15,17,27H,1-2,7-12H2. The highest BCUT2D eigenvalue weighted by molar-refractivity contribution is 7.89. The number of phenolic OH excluding ortho intramolecular Hbond substituents is 1. The first kappa shape index (κ1) is 20.8. The highest BCUT2D eigenvalue weighted by atomic mass is 32.2. The first-order chi connectivity index (χ1) is 14.4. The minimum atomic E-state index is -3.94. The Labute approximate surface area is 176 Å². The number of hydrogen-bond acceptors (Lipinski definition) is 5. The average molecular weight is 433 g/mol. The van der Waals surface area contributed by atoms with Gasteiger partial charge in [0.25, 0.3) is 0 Å². The SMILES string of the molecule is O=Cc1cc(S(=O)(=O)N2CCC(c3ccc(N4CCCC4)cc3)CC2)cc(F)c1O. The van der Waals surface area contributed by atoms with Crippen molar-refractivity contribution < 1.29 is 22.7 Å². The van der Waals surface area contributed by atoms with E-state index in [1.54, 1.807) is 0 Å². The van der Waals surface area contributed by atoms with Crippen molar-refractivity contribution in [3.05, 3.63) is 53.3 Å². The van der Waals surface area contributed by atoms with Crippen LogP contribution in [0.5, 0.6) is 5.75 Å². The highest BCUT2D eigenvalue weighted by Crippen LogP contribution is 2.33. The van der Waals surface area contributed by atoms with E-state index >= 15 is 0 Å². The van der Waals surface area contributed by atoms with Gasteiger partial charge in [0.2, 0.25) is 10.0 Å². The molecule has 1 N–H and O–H groups in total. The lowest BCUT2D eigenvalue weighted by atomic mass is 9.90. The number of nitrogens with zero attached hydrogens (tertiary/aromatic N) is 2. The molecule has 30 heavy (non-hydrogen) atoms. The van der Waals surface area contributed by atoms with E-state index < -0.39 is 21.6 Å². The normalized spacial score (nSPS) is 18.6. The second kappa shape index (κ2) is 8.35. The van der Waals surface area contributed by atoms with Gasteiger partial charge in [0.1, 0.15) is 0 Å². The molecule has 0 aliphatic carbocycles. The molecule has 2 aliphatic rings. The van der Waals surface area contributed by atoms with E-state index in [0.29, 0.717) is 25.9 Å². The molecule has 4 rings (SSSR count). The smallest absolute Gasteiger partial charge is 0.243 e. The molecule has 0 atom stereocenters. The molecule has 0 radical (unpaired) electrons. The fourth-order valence-corrected chi connectivity index (χ4v) is 5.86. The van der Waals surface area contributed by atoms with Crippen molar-refractivity contribution in [2.24, 2.45) is 0 Å². The lowest BCUT2D eigenvalue weighted by Crippen LogP contribution is -2.38. The molecule has 0 saturated carbocycles. The lowest BCUT2D eigenvalue weighted by Gasteiger charge is -2.31. The summed E-state index contributed by atoms with van der Waals surface area (Å²) in [6.07, 6.45) is 4.05. The number of benzene rings is 2. The number of carbonyl (C=O) groups is 1. The maximum Gasteiger partial charge on any atom is 0.243 e. The fraction of sp³-hybridized carbons (Fsp3) is 0.409. The van der Waals surface area contributed by atoms with Crippen LogP contribution in [0.2, 0.25) is 0 Å². The van der Waals surface area contributed by atoms with Gasteiger partial charge < -0.3 is 10.0 Å². The molecule has 0 bridgehead atoms. The molecular weight excluding hydrogens is 407 g/mol. The van der Waals surface area contributed by atoms with Crippen molar-refractivity contribution in [2.75, 3.05) is 31.1 Å². The van der Waals surface area contributed by atoms with Crippen molar-refractivity contribution >= 4 is 22.0 Å². The van der Waals surface area contributed by atoms with E-state index in [2.05, 4.69) is 29.2 Å². The van der Waals surface area contributed by atoms with Gasteiger partial charge in [0, 0.05) is 31.9 Å². The molecule has 8 heteroatoms. The largest absolute Gasteiger partial charge is 0.504 e. The quantitative estimate of drug-likeness (QED) is 0.732. The van der Waals surface area contributed by atoms with Crippen LogP contribution in [-0.2, 0) is 10.0 Å². The summed E-state index contributed by atoms with van der Waals surface area (Å²) in [7, 11) is -3.94. The van der Waals surface area contributed by atoms with E-state index in [4.69, 9.17) is 0 Å². The molecule has 2 aromatic rings. The highest BCUT2D eigenvalue weighted by Gasteiger charge is 2.31. The fourth-order valence-electron chi connectivity index (χ4n) is 4.34. The van der Waals surface area contributed by atoms with Crippen molar-refractivity contribution in [1.82, 2.24) is 4.31 Å². The maximum absolute atomic E-state index is 13.9. The van der Waals surface area contributed by atoms with E-state index in [1.165, 1.54) is 28.4 Å². The third kappa shape index (κ3) is 3.94. The Morgan fingerprint density at radius 2 is 1.63 bits per heavy atom. The molecule has 0 spiro atoms. The molecule has 2 saturated heterocycles. The van der Waals surface area contributed by atoms with E-state index in [-0.39, 0.29) is 22.7 Å². The van der Waals surface area contributed by atoms with Gasteiger partial charge in [0.15, 0.2) is 17.9 Å². The van der Waals surface area contributed by atoms with Gasteiger partial charge >= 0.3 is 0 Å². The summed E-state index contributed by atoms with van der Waals surface area (Å²) < 4.78 is 41.0. The zero-order chi connectivity index (χ0) is 21.3. The van der Waals surface area contributed by atoms with Gasteiger partial charge in [-0.1, -0.05) is 12.1 Å². The van der Waals surface area contributed by atoms with Crippen LogP contribution in [0, 0.1) is 5.82 Å². The number of carbonyl (C=O) groups excluding carboxylic acids is 1. The molecule has 2 aliphatic heterocycles. The van der Waals surface area contributed by atoms with Crippen LogP contribution in [0.4, 0.5) is 10.1 Å². The Morgan fingerprint density at radius 1 is 1.00 bits per heavy atom. The average Bonchev–Trinajstić information content (AvgIpc) is 3.30. The number of hydrogen-bond donors (Lipinski definition) is 1. The van der Waals surface area contributed by atoms with Crippen molar-refractivity contribution in [1.29, 1.82) is 0 Å². The molecule has 0 aromatic heterocycles. The molecule has 160 valence electrons. The first-order valence-electron chi connectivity index (χ1n) is 10.2. The van der Waals surface area contributed by atoms with Crippen LogP contribution < -0.4 is 4.90 Å². The topological polar surface area (TPSA) is 77.9 Å². The van der Waals surface area contributed by atoms with Gasteiger partial charge in [-0.25, -0.2) is 12.8 Å². The van der Waals surface area contributed by atoms with Crippen molar-refractivity contribution in [3.8, 4) is 5.75 Å². The third-order valence-electron chi connectivity index (χ3n) is 6.12. The van der Waals surface area contributed by atoms with Crippen LogP contribution in [0.3, 0.4) is 0 Å². The van der Waals surface area contributed by atoms with Crippen LogP contribution >= 0.6 is 0 Å². The van der Waals surface area contributed by atoms with Gasteiger partial charge in [-0.3, -0.25) is 4.79 Å². The molecule has 2 aromatic carbocycles. The molecule has 2 heterocycles. The number of rotatable bonds is 5. The Morgan fingerprint density at radius 3 is 2.23 bits per heavy atom. The van der Waals surface area contributed by atoms with E-state index in [9.17, 15) is 22.7 Å². The minimum Gasteiger partial charge on any atom is -0.504 e. The number of halogens is 1. The third-order valence-corrected chi connectivity index (χ3v) is 8.00. The summed E-state index contributed by atoms with van der Waals surface area (Å²) in [6.45, 7) is 2.83. The second-order valence-corrected chi connectivity index (χ2v) is 9.86. The monoisotopic (exact) mass is 432 g/mol. The van der Waals surface area contributed by atoms with Gasteiger partial charge in [0.05, 0.1) is 10.5 Å². The number of anilines is 1. The Hall–Kier alpha value is -2.45. The summed E-state index contributed by atoms with van der Waals surface area (Å²) in [5.41, 5.74) is 2.06. The Kier molecular flexibility index (Phi) is 5.79. The number of sulfonamides is 1. The van der Waals surface area contributed by atoms with Crippen LogP contribution in [-0.4, -0.2) is 50.3 Å². The number of piperidine rings is 1. The summed E-state index contributed by atoms with van der Waals surface area (Å²) >= 11 is 0. The zero-order valence-electron chi connectivity index (χ0n) is 16.6. The van der Waals surface area contributed by atoms with Crippen LogP contribution in [0.25, 0.3) is 0 Å². The first-order valence-corrected chi connectivity index (χ1v) is 11.7. The Balaban J connectivity index is 1.45. The summed E-state index contributed by atoms with van der Waals surface area (Å²) in [5.74, 6) is -1.68. The maximum atomic E-state index is 13.9. The summed E-state index contributed by atoms with van der Waals surface area (Å²) in [5, 5.41) is 9.53. The Bertz CT molecular complexity index is 1030. The molecule has 6 nitrogen and oxygen atoms in total. The van der Waals surface area contributed by atoms with Crippen molar-refractivity contribution in [3.63, 3.8) is 0 Å². The van der Waals surface area contributed by atoms with Crippen LogP contribution in [0.15, 0.2) is 41.3 Å². The van der Waals surface area contributed by atoms with Gasteiger partial charge in [-0.15, -0.1) is 0 Å². The minimum absolute atomic E-state index is 0.246. The predicted molar refractivity (Wildman–Crippen MR) is 112 cm³/mol.